The standard InChI is InChI=1S/C18H20F2N2O2/c1-12(10-18(24)22-14-8-6-13(19)7-9-14)21-11-17(23)15-4-2-3-5-16(15)20/h2-9,12,17,21,23H,10-11H2,1H3,(H,22,24). The molecule has 0 heterocycles. The van der Waals surface area contributed by atoms with Crippen LogP contribution in [0.2, 0.25) is 0 Å². The van der Waals surface area contributed by atoms with E-state index in [-0.39, 0.29) is 36.3 Å². The fraction of sp³-hybridized carbons (Fsp3) is 0.278. The lowest BCUT2D eigenvalue weighted by molar-refractivity contribution is -0.116. The van der Waals surface area contributed by atoms with Gasteiger partial charge in [-0.1, -0.05) is 18.2 Å². The highest BCUT2D eigenvalue weighted by molar-refractivity contribution is 5.91. The molecule has 128 valence electrons. The average molecular weight is 334 g/mol. The van der Waals surface area contributed by atoms with Crippen LogP contribution < -0.4 is 10.6 Å². The first kappa shape index (κ1) is 18.0. The Morgan fingerprint density at radius 2 is 1.79 bits per heavy atom. The highest BCUT2D eigenvalue weighted by Crippen LogP contribution is 2.16. The molecule has 2 aromatic carbocycles. The van der Waals surface area contributed by atoms with Crippen LogP contribution in [0.3, 0.4) is 0 Å². The Morgan fingerprint density at radius 3 is 2.46 bits per heavy atom. The van der Waals surface area contributed by atoms with E-state index in [4.69, 9.17) is 0 Å². The number of benzene rings is 2. The summed E-state index contributed by atoms with van der Waals surface area (Å²) in [6.07, 6.45) is -0.824. The van der Waals surface area contributed by atoms with Crippen LogP contribution in [0.25, 0.3) is 0 Å². The van der Waals surface area contributed by atoms with Gasteiger partial charge in [0.15, 0.2) is 0 Å². The number of halogens is 2. The molecule has 0 bridgehead atoms. The minimum absolute atomic E-state index is 0.131. The Labute approximate surface area is 139 Å². The number of carbonyl (C=O) groups is 1. The summed E-state index contributed by atoms with van der Waals surface area (Å²) in [4.78, 5) is 11.9. The van der Waals surface area contributed by atoms with Crippen molar-refractivity contribution in [3.05, 3.63) is 65.7 Å². The maximum absolute atomic E-state index is 13.6. The van der Waals surface area contributed by atoms with Crippen molar-refractivity contribution in [1.82, 2.24) is 5.32 Å². The van der Waals surface area contributed by atoms with E-state index < -0.39 is 11.9 Å². The molecule has 0 radical (unpaired) electrons. The Morgan fingerprint density at radius 1 is 1.12 bits per heavy atom. The van der Waals surface area contributed by atoms with E-state index in [1.807, 2.05) is 0 Å². The van der Waals surface area contributed by atoms with Crippen LogP contribution in [-0.2, 0) is 4.79 Å². The second-order valence-corrected chi connectivity index (χ2v) is 5.61. The van der Waals surface area contributed by atoms with Crippen LogP contribution in [0.5, 0.6) is 0 Å². The van der Waals surface area contributed by atoms with Crippen molar-refractivity contribution in [1.29, 1.82) is 0 Å². The minimum Gasteiger partial charge on any atom is -0.387 e. The van der Waals surface area contributed by atoms with Crippen LogP contribution in [0.15, 0.2) is 48.5 Å². The van der Waals surface area contributed by atoms with Crippen LogP contribution >= 0.6 is 0 Å². The molecule has 0 saturated carbocycles. The molecule has 0 aromatic heterocycles. The first-order chi connectivity index (χ1) is 11.5. The number of rotatable bonds is 7. The first-order valence-electron chi connectivity index (χ1n) is 7.67. The number of aliphatic hydroxyl groups excluding tert-OH is 1. The molecule has 4 nitrogen and oxygen atoms in total. The predicted octanol–water partition coefficient (Wildman–Crippen LogP) is 3.01. The zero-order chi connectivity index (χ0) is 17.5. The minimum atomic E-state index is -0.992. The topological polar surface area (TPSA) is 61.4 Å². The van der Waals surface area contributed by atoms with Crippen molar-refractivity contribution < 1.29 is 18.7 Å². The van der Waals surface area contributed by atoms with Gasteiger partial charge in [0.25, 0.3) is 0 Å². The maximum atomic E-state index is 13.6. The maximum Gasteiger partial charge on any atom is 0.225 e. The lowest BCUT2D eigenvalue weighted by atomic mass is 10.1. The van der Waals surface area contributed by atoms with E-state index in [1.165, 1.54) is 36.4 Å². The second-order valence-electron chi connectivity index (χ2n) is 5.61. The highest BCUT2D eigenvalue weighted by atomic mass is 19.1. The number of anilines is 1. The van der Waals surface area contributed by atoms with Gasteiger partial charge in [0.05, 0.1) is 6.10 Å². The van der Waals surface area contributed by atoms with Gasteiger partial charge in [0.2, 0.25) is 5.91 Å². The van der Waals surface area contributed by atoms with Gasteiger partial charge in [-0.3, -0.25) is 4.79 Å². The Balaban J connectivity index is 1.78. The monoisotopic (exact) mass is 334 g/mol. The second kappa shape index (κ2) is 8.52. The fourth-order valence-corrected chi connectivity index (χ4v) is 2.26. The molecule has 2 rings (SSSR count). The third-order valence-corrected chi connectivity index (χ3v) is 3.54. The fourth-order valence-electron chi connectivity index (χ4n) is 2.26. The van der Waals surface area contributed by atoms with Gasteiger partial charge >= 0.3 is 0 Å². The number of hydrogen-bond acceptors (Lipinski definition) is 3. The molecule has 0 aliphatic carbocycles. The van der Waals surface area contributed by atoms with Crippen LogP contribution in [0.1, 0.15) is 25.0 Å². The van der Waals surface area contributed by atoms with E-state index in [2.05, 4.69) is 10.6 Å². The molecule has 0 aliphatic rings. The Hall–Kier alpha value is -2.31. The van der Waals surface area contributed by atoms with Crippen molar-refractivity contribution >= 4 is 11.6 Å². The molecule has 0 saturated heterocycles. The molecule has 0 spiro atoms. The molecular weight excluding hydrogens is 314 g/mol. The van der Waals surface area contributed by atoms with Crippen LogP contribution in [0, 0.1) is 11.6 Å². The van der Waals surface area contributed by atoms with E-state index in [1.54, 1.807) is 19.1 Å². The number of carbonyl (C=O) groups excluding carboxylic acids is 1. The predicted molar refractivity (Wildman–Crippen MR) is 88.5 cm³/mol. The summed E-state index contributed by atoms with van der Waals surface area (Å²) in [6.45, 7) is 1.92. The zero-order valence-corrected chi connectivity index (χ0v) is 13.3. The van der Waals surface area contributed by atoms with Crippen LogP contribution in [0.4, 0.5) is 14.5 Å². The van der Waals surface area contributed by atoms with Gasteiger partial charge in [-0.2, -0.15) is 0 Å². The molecule has 2 aromatic rings. The Bertz CT molecular complexity index is 677. The highest BCUT2D eigenvalue weighted by Gasteiger charge is 2.15. The number of nitrogens with one attached hydrogen (secondary N) is 2. The summed E-state index contributed by atoms with van der Waals surface area (Å²) in [5.41, 5.74) is 0.730. The van der Waals surface area contributed by atoms with Crippen molar-refractivity contribution in [2.45, 2.75) is 25.5 Å². The molecule has 6 heteroatoms. The summed E-state index contributed by atoms with van der Waals surface area (Å²) < 4.78 is 26.4. The van der Waals surface area contributed by atoms with Gasteiger partial charge in [-0.05, 0) is 37.3 Å². The lowest BCUT2D eigenvalue weighted by Crippen LogP contribution is -2.33. The quantitative estimate of drug-likeness (QED) is 0.729. The summed E-state index contributed by atoms with van der Waals surface area (Å²) in [5.74, 6) is -1.07. The largest absolute Gasteiger partial charge is 0.387 e. The van der Waals surface area contributed by atoms with Gasteiger partial charge in [-0.15, -0.1) is 0 Å². The van der Waals surface area contributed by atoms with Crippen molar-refractivity contribution in [2.24, 2.45) is 0 Å². The van der Waals surface area contributed by atoms with Crippen LogP contribution in [-0.4, -0.2) is 23.6 Å². The average Bonchev–Trinajstić information content (AvgIpc) is 2.55. The molecule has 3 N–H and O–H groups in total. The molecule has 0 fully saturated rings. The van der Waals surface area contributed by atoms with Crippen molar-refractivity contribution in [3.8, 4) is 0 Å². The third kappa shape index (κ3) is 5.40. The van der Waals surface area contributed by atoms with Gasteiger partial charge < -0.3 is 15.7 Å². The summed E-state index contributed by atoms with van der Waals surface area (Å²) >= 11 is 0. The lowest BCUT2D eigenvalue weighted by Gasteiger charge is -2.17. The number of amides is 1. The molecule has 24 heavy (non-hydrogen) atoms. The van der Waals surface area contributed by atoms with E-state index >= 15 is 0 Å². The SMILES string of the molecule is CC(CC(=O)Nc1ccc(F)cc1)NCC(O)c1ccccc1F. The molecule has 0 aliphatic heterocycles. The zero-order valence-electron chi connectivity index (χ0n) is 13.3. The van der Waals surface area contributed by atoms with Crippen molar-refractivity contribution in [2.75, 3.05) is 11.9 Å². The van der Waals surface area contributed by atoms with E-state index in [0.717, 1.165) is 0 Å². The van der Waals surface area contributed by atoms with Gasteiger partial charge in [-0.25, -0.2) is 8.78 Å². The third-order valence-electron chi connectivity index (χ3n) is 3.54. The van der Waals surface area contributed by atoms with Gasteiger partial charge in [0.1, 0.15) is 11.6 Å². The normalized spacial score (nSPS) is 13.3. The summed E-state index contributed by atoms with van der Waals surface area (Å²) in [5, 5.41) is 15.7. The molecule has 2 unspecified atom stereocenters. The summed E-state index contributed by atoms with van der Waals surface area (Å²) in [6, 6.07) is 11.3. The van der Waals surface area contributed by atoms with E-state index in [0.29, 0.717) is 5.69 Å². The molecule has 2 atom stereocenters. The summed E-state index contributed by atoms with van der Waals surface area (Å²) in [7, 11) is 0. The Kier molecular flexibility index (Phi) is 6.40. The smallest absolute Gasteiger partial charge is 0.225 e. The van der Waals surface area contributed by atoms with Gasteiger partial charge in [0, 0.05) is 30.3 Å². The molecular formula is C18H20F2N2O2. The number of hydrogen-bond donors (Lipinski definition) is 3. The van der Waals surface area contributed by atoms with E-state index in [9.17, 15) is 18.7 Å². The van der Waals surface area contributed by atoms with Crippen molar-refractivity contribution in [3.63, 3.8) is 0 Å². The number of aliphatic hydroxyl groups is 1. The first-order valence-corrected chi connectivity index (χ1v) is 7.67. The molecule has 1 amide bonds.